The molecular formula is C32H43NO3. The van der Waals surface area contributed by atoms with Gasteiger partial charge in [-0.05, 0) is 124 Å². The fraction of sp³-hybridized carbons (Fsp3) is 0.750. The van der Waals surface area contributed by atoms with E-state index in [4.69, 9.17) is 4.74 Å². The van der Waals surface area contributed by atoms with Crippen LogP contribution >= 0.6 is 0 Å². The Hall–Kier alpha value is -1.84. The Bertz CT molecular complexity index is 1030. The summed E-state index contributed by atoms with van der Waals surface area (Å²) in [6, 6.07) is 10.6. The highest BCUT2D eigenvalue weighted by Gasteiger charge is 2.72. The van der Waals surface area contributed by atoms with Crippen LogP contribution in [-0.4, -0.2) is 37.5 Å². The van der Waals surface area contributed by atoms with E-state index in [1.807, 2.05) is 7.05 Å². The number of hydrogen-bond acceptors (Lipinski definition) is 3. The van der Waals surface area contributed by atoms with Crippen molar-refractivity contribution < 1.29 is 14.3 Å². The van der Waals surface area contributed by atoms with Gasteiger partial charge in [0, 0.05) is 13.6 Å². The van der Waals surface area contributed by atoms with Crippen molar-refractivity contribution in [2.75, 3.05) is 20.7 Å². The van der Waals surface area contributed by atoms with E-state index in [0.717, 1.165) is 51.5 Å². The zero-order valence-corrected chi connectivity index (χ0v) is 22.3. The van der Waals surface area contributed by atoms with Gasteiger partial charge in [0.05, 0.1) is 17.9 Å². The van der Waals surface area contributed by atoms with Crippen LogP contribution in [0.5, 0.6) is 0 Å². The van der Waals surface area contributed by atoms with Crippen LogP contribution in [0.4, 0.5) is 0 Å². The van der Waals surface area contributed by atoms with Gasteiger partial charge >= 0.3 is 5.97 Å². The van der Waals surface area contributed by atoms with E-state index in [9.17, 15) is 9.59 Å². The summed E-state index contributed by atoms with van der Waals surface area (Å²) >= 11 is 0. The number of carbonyl (C=O) groups excluding carboxylic acids is 2. The molecule has 0 heterocycles. The van der Waals surface area contributed by atoms with Crippen LogP contribution in [0.2, 0.25) is 0 Å². The van der Waals surface area contributed by atoms with Crippen LogP contribution in [0.15, 0.2) is 30.3 Å². The predicted octanol–water partition coefficient (Wildman–Crippen LogP) is 6.03. The van der Waals surface area contributed by atoms with E-state index in [0.29, 0.717) is 29.6 Å². The monoisotopic (exact) mass is 489 g/mol. The van der Waals surface area contributed by atoms with Crippen molar-refractivity contribution in [2.45, 2.75) is 83.5 Å². The van der Waals surface area contributed by atoms with E-state index in [-0.39, 0.29) is 27.6 Å². The smallest absolute Gasteiger partial charge is 0.311 e. The average molecular weight is 490 g/mol. The Morgan fingerprint density at radius 2 is 1.31 bits per heavy atom. The zero-order valence-electron chi connectivity index (χ0n) is 22.3. The van der Waals surface area contributed by atoms with Gasteiger partial charge in [-0.2, -0.15) is 0 Å². The number of rotatable bonds is 6. The Morgan fingerprint density at radius 1 is 0.806 bits per heavy atom. The lowest BCUT2D eigenvalue weighted by Crippen LogP contribution is -2.67. The molecule has 4 unspecified atom stereocenters. The second-order valence-electron chi connectivity index (χ2n) is 14.5. The van der Waals surface area contributed by atoms with E-state index < -0.39 is 0 Å². The van der Waals surface area contributed by atoms with Gasteiger partial charge in [0.25, 0.3) is 0 Å². The maximum absolute atomic E-state index is 14.3. The lowest BCUT2D eigenvalue weighted by atomic mass is 9.31. The molecule has 1 amide bonds. The minimum atomic E-state index is -0.244. The third-order valence-corrected chi connectivity index (χ3v) is 12.2. The number of ether oxygens (including phenoxy) is 1. The maximum atomic E-state index is 14.3. The number of benzene rings is 1. The molecule has 4 atom stereocenters. The molecule has 0 aliphatic heterocycles. The highest BCUT2D eigenvalue weighted by Crippen LogP contribution is 2.78. The number of likely N-dealkylation sites (N-methyl/N-ethyl adjacent to an activating group) is 1. The second-order valence-corrected chi connectivity index (χ2v) is 14.5. The van der Waals surface area contributed by atoms with Crippen molar-refractivity contribution in [1.82, 2.24) is 4.90 Å². The van der Waals surface area contributed by atoms with Crippen LogP contribution in [0.25, 0.3) is 0 Å². The largest absolute Gasteiger partial charge is 0.469 e. The number of amides is 1. The van der Waals surface area contributed by atoms with E-state index >= 15 is 0 Å². The first kappa shape index (κ1) is 23.3. The first-order chi connectivity index (χ1) is 17.3. The Kier molecular flexibility index (Phi) is 5.07. The first-order valence-electron chi connectivity index (χ1n) is 14.7. The van der Waals surface area contributed by atoms with Crippen LogP contribution in [-0.2, 0) is 20.7 Å². The summed E-state index contributed by atoms with van der Waals surface area (Å²) in [5.41, 5.74) is 1.39. The molecule has 0 aromatic heterocycles. The van der Waals surface area contributed by atoms with Crippen LogP contribution in [0.1, 0.15) is 82.6 Å². The standard InChI is InChI=1S/C32H43NO3/c1-33(9-8-22-6-4-3-5-7-22)27(34)29-12-23-10-24(13-29)17-31(16-23,20-29)32-18-25-11-26(19-32)15-30(14-25,21-32)28(35)36-2/h3-7,23-26H,8-21H2,1-2H3. The average Bonchev–Trinajstić information content (AvgIpc) is 2.85. The van der Waals surface area contributed by atoms with Crippen molar-refractivity contribution in [3.8, 4) is 0 Å². The fourth-order valence-corrected chi connectivity index (χ4v) is 11.9. The van der Waals surface area contributed by atoms with E-state index in [1.165, 1.54) is 44.1 Å². The van der Waals surface area contributed by atoms with Gasteiger partial charge < -0.3 is 9.64 Å². The quantitative estimate of drug-likeness (QED) is 0.458. The minimum Gasteiger partial charge on any atom is -0.469 e. The van der Waals surface area contributed by atoms with Gasteiger partial charge in [0.15, 0.2) is 0 Å². The van der Waals surface area contributed by atoms with Crippen LogP contribution in [0.3, 0.4) is 0 Å². The SMILES string of the molecule is COC(=O)C12CC3CC(C1)CC(C14CC5CC(CC(C(=O)N(C)CCc6ccccc6)(C5)C1)C4)(C3)C2. The van der Waals surface area contributed by atoms with Gasteiger partial charge in [-0.3, -0.25) is 9.59 Å². The van der Waals surface area contributed by atoms with E-state index in [1.54, 1.807) is 7.11 Å². The summed E-state index contributed by atoms with van der Waals surface area (Å²) in [6.45, 7) is 0.799. The van der Waals surface area contributed by atoms with E-state index in [2.05, 4.69) is 35.2 Å². The molecule has 8 aliphatic rings. The molecule has 8 bridgehead atoms. The molecule has 1 aromatic rings. The van der Waals surface area contributed by atoms with Gasteiger partial charge in [-0.25, -0.2) is 0 Å². The highest BCUT2D eigenvalue weighted by atomic mass is 16.5. The number of carbonyl (C=O) groups is 2. The molecule has 0 spiro atoms. The van der Waals surface area contributed by atoms with Gasteiger partial charge in [0.1, 0.15) is 0 Å². The minimum absolute atomic E-state index is 0.0668. The molecule has 9 rings (SSSR count). The van der Waals surface area contributed by atoms with Gasteiger partial charge in [-0.15, -0.1) is 0 Å². The molecule has 8 aliphatic carbocycles. The summed E-state index contributed by atoms with van der Waals surface area (Å²) in [5, 5.41) is 0. The normalized spacial score (nSPS) is 45.6. The number of esters is 1. The molecule has 194 valence electrons. The molecule has 8 fully saturated rings. The molecular weight excluding hydrogens is 446 g/mol. The van der Waals surface area contributed by atoms with Crippen molar-refractivity contribution in [3.63, 3.8) is 0 Å². The van der Waals surface area contributed by atoms with Crippen molar-refractivity contribution in [3.05, 3.63) is 35.9 Å². The van der Waals surface area contributed by atoms with Crippen molar-refractivity contribution in [2.24, 2.45) is 45.3 Å². The van der Waals surface area contributed by atoms with Crippen molar-refractivity contribution in [1.29, 1.82) is 0 Å². The maximum Gasteiger partial charge on any atom is 0.311 e. The third kappa shape index (κ3) is 3.24. The molecule has 36 heavy (non-hydrogen) atoms. The Balaban J connectivity index is 1.19. The Labute approximate surface area is 216 Å². The van der Waals surface area contributed by atoms with Crippen molar-refractivity contribution >= 4 is 11.9 Å². The molecule has 4 heteroatoms. The van der Waals surface area contributed by atoms with Crippen LogP contribution in [0, 0.1) is 45.3 Å². The summed E-state index contributed by atoms with van der Waals surface area (Å²) < 4.78 is 5.45. The number of hydrogen-bond donors (Lipinski definition) is 0. The Morgan fingerprint density at radius 3 is 1.83 bits per heavy atom. The van der Waals surface area contributed by atoms with Gasteiger partial charge in [0.2, 0.25) is 5.91 Å². The predicted molar refractivity (Wildman–Crippen MR) is 139 cm³/mol. The second kappa shape index (κ2) is 7.84. The summed E-state index contributed by atoms with van der Waals surface area (Å²) in [5.74, 6) is 3.23. The summed E-state index contributed by atoms with van der Waals surface area (Å²) in [7, 11) is 3.64. The molecule has 4 nitrogen and oxygen atoms in total. The third-order valence-electron chi connectivity index (χ3n) is 12.2. The number of methoxy groups -OCH3 is 1. The molecule has 8 saturated carbocycles. The first-order valence-corrected chi connectivity index (χ1v) is 14.7. The fourth-order valence-electron chi connectivity index (χ4n) is 11.9. The summed E-state index contributed by atoms with van der Waals surface area (Å²) in [4.78, 5) is 29.5. The van der Waals surface area contributed by atoms with Crippen LogP contribution < -0.4 is 0 Å². The molecule has 0 radical (unpaired) electrons. The topological polar surface area (TPSA) is 46.6 Å². The zero-order chi connectivity index (χ0) is 24.8. The molecule has 0 saturated heterocycles. The molecule has 0 N–H and O–H groups in total. The van der Waals surface area contributed by atoms with Gasteiger partial charge in [-0.1, -0.05) is 30.3 Å². The number of nitrogens with zero attached hydrogens (tertiary/aromatic N) is 1. The summed E-state index contributed by atoms with van der Waals surface area (Å²) in [6.07, 6.45) is 15.2. The lowest BCUT2D eigenvalue weighted by molar-refractivity contribution is -0.241. The lowest BCUT2D eigenvalue weighted by Gasteiger charge is -2.73. The molecule has 1 aromatic carbocycles. The highest BCUT2D eigenvalue weighted by molar-refractivity contribution is 5.83.